The predicted molar refractivity (Wildman–Crippen MR) is 72.2 cm³/mol. The average Bonchev–Trinajstić information content (AvgIpc) is 2.38. The van der Waals surface area contributed by atoms with Crippen LogP contribution in [-0.2, 0) is 9.53 Å². The van der Waals surface area contributed by atoms with Gasteiger partial charge in [-0.1, -0.05) is 32.4 Å². The van der Waals surface area contributed by atoms with Gasteiger partial charge in [-0.2, -0.15) is 0 Å². The first-order chi connectivity index (χ1) is 8.52. The van der Waals surface area contributed by atoms with Gasteiger partial charge in [0.2, 0.25) is 0 Å². The molecule has 0 saturated carbocycles. The van der Waals surface area contributed by atoms with Crippen molar-refractivity contribution in [2.45, 2.75) is 27.2 Å². The Morgan fingerprint density at radius 2 is 2.00 bits per heavy atom. The highest BCUT2D eigenvalue weighted by molar-refractivity contribution is 5.93. The van der Waals surface area contributed by atoms with Crippen molar-refractivity contribution in [1.82, 2.24) is 0 Å². The van der Waals surface area contributed by atoms with Crippen LogP contribution in [0.25, 0.3) is 6.08 Å². The van der Waals surface area contributed by atoms with Gasteiger partial charge in [-0.15, -0.1) is 0 Å². The lowest BCUT2D eigenvalue weighted by molar-refractivity contribution is -0.140. The Labute approximate surface area is 108 Å². The fraction of sp³-hybridized carbons (Fsp3) is 0.400. The van der Waals surface area contributed by atoms with Gasteiger partial charge in [-0.25, -0.2) is 4.79 Å². The van der Waals surface area contributed by atoms with Crippen molar-refractivity contribution in [2.24, 2.45) is 5.92 Å². The summed E-state index contributed by atoms with van der Waals surface area (Å²) in [6.45, 7) is 6.30. The van der Waals surface area contributed by atoms with Gasteiger partial charge in [0.25, 0.3) is 0 Å². The second-order valence-electron chi connectivity index (χ2n) is 4.53. The molecular weight excluding hydrogens is 228 g/mol. The van der Waals surface area contributed by atoms with E-state index >= 15 is 0 Å². The van der Waals surface area contributed by atoms with Crippen LogP contribution in [0, 0.1) is 5.92 Å². The Hall–Kier alpha value is -1.77. The van der Waals surface area contributed by atoms with Crippen molar-refractivity contribution >= 4 is 12.0 Å². The number of carbonyl (C=O) groups excluding carboxylic acids is 1. The minimum atomic E-state index is -0.289. The molecule has 1 rings (SSSR count). The molecule has 1 aromatic carbocycles. The van der Waals surface area contributed by atoms with Crippen molar-refractivity contribution < 1.29 is 14.6 Å². The number of carbonyl (C=O) groups is 1. The molecule has 0 amide bonds. The number of esters is 1. The summed E-state index contributed by atoms with van der Waals surface area (Å²) in [5, 5.41) is 9.16. The molecule has 3 nitrogen and oxygen atoms in total. The maximum absolute atomic E-state index is 11.7. The summed E-state index contributed by atoms with van der Waals surface area (Å²) >= 11 is 0. The molecule has 0 radical (unpaired) electrons. The van der Waals surface area contributed by atoms with Crippen LogP contribution in [0.4, 0.5) is 0 Å². The summed E-state index contributed by atoms with van der Waals surface area (Å²) < 4.78 is 5.20. The van der Waals surface area contributed by atoms with E-state index in [1.54, 1.807) is 37.3 Å². The summed E-state index contributed by atoms with van der Waals surface area (Å²) in [7, 11) is 0. The Bertz CT molecular complexity index is 418. The van der Waals surface area contributed by atoms with Gasteiger partial charge in [0.15, 0.2) is 0 Å². The number of ether oxygens (including phenoxy) is 1. The second-order valence-corrected chi connectivity index (χ2v) is 4.53. The number of phenolic OH excluding ortho intramolecular Hbond substituents is 1. The predicted octanol–water partition coefficient (Wildman–Crippen LogP) is 3.38. The summed E-state index contributed by atoms with van der Waals surface area (Å²) in [5.41, 5.74) is 1.43. The van der Waals surface area contributed by atoms with Gasteiger partial charge in [0.05, 0.1) is 6.61 Å². The van der Waals surface area contributed by atoms with E-state index in [-0.39, 0.29) is 11.7 Å². The van der Waals surface area contributed by atoms with Gasteiger partial charge in [-0.05, 0) is 36.6 Å². The number of hydrogen-bond donors (Lipinski definition) is 1. The zero-order valence-corrected chi connectivity index (χ0v) is 11.1. The first kappa shape index (κ1) is 14.3. The zero-order chi connectivity index (χ0) is 13.5. The lowest BCUT2D eigenvalue weighted by Crippen LogP contribution is -2.12. The molecule has 98 valence electrons. The molecule has 0 heterocycles. The van der Waals surface area contributed by atoms with Crippen molar-refractivity contribution in [2.75, 3.05) is 6.61 Å². The number of aromatic hydroxyl groups is 1. The van der Waals surface area contributed by atoms with Crippen LogP contribution in [0.15, 0.2) is 29.8 Å². The lowest BCUT2D eigenvalue weighted by atomic mass is 10.1. The van der Waals surface area contributed by atoms with Crippen LogP contribution >= 0.6 is 0 Å². The maximum Gasteiger partial charge on any atom is 0.333 e. The van der Waals surface area contributed by atoms with Gasteiger partial charge < -0.3 is 9.84 Å². The average molecular weight is 248 g/mol. The highest BCUT2D eigenvalue weighted by Crippen LogP contribution is 2.13. The Kier molecular flexibility index (Phi) is 5.43. The lowest BCUT2D eigenvalue weighted by Gasteiger charge is -2.09. The van der Waals surface area contributed by atoms with Crippen LogP contribution in [0.2, 0.25) is 0 Å². The molecule has 1 atom stereocenters. The summed E-state index contributed by atoms with van der Waals surface area (Å²) in [4.78, 5) is 11.7. The number of hydrogen-bond acceptors (Lipinski definition) is 3. The van der Waals surface area contributed by atoms with Crippen molar-refractivity contribution in [3.05, 3.63) is 35.4 Å². The van der Waals surface area contributed by atoms with Crippen molar-refractivity contribution in [3.8, 4) is 5.75 Å². The molecular formula is C15H20O3. The van der Waals surface area contributed by atoms with E-state index in [0.29, 0.717) is 18.1 Å². The maximum atomic E-state index is 11.7. The Balaban J connectivity index is 2.60. The van der Waals surface area contributed by atoms with Crippen LogP contribution < -0.4 is 0 Å². The number of phenols is 1. The molecule has 0 fully saturated rings. The first-order valence-electron chi connectivity index (χ1n) is 6.17. The minimum Gasteiger partial charge on any atom is -0.508 e. The molecule has 0 aliphatic rings. The van der Waals surface area contributed by atoms with E-state index in [1.807, 2.05) is 6.92 Å². The van der Waals surface area contributed by atoms with Gasteiger partial charge >= 0.3 is 5.97 Å². The normalized spacial score (nSPS) is 13.2. The van der Waals surface area contributed by atoms with E-state index in [1.165, 1.54) is 0 Å². The van der Waals surface area contributed by atoms with Gasteiger partial charge in [0.1, 0.15) is 5.75 Å². The fourth-order valence-electron chi connectivity index (χ4n) is 1.33. The third-order valence-electron chi connectivity index (χ3n) is 2.79. The summed E-state index contributed by atoms with van der Waals surface area (Å²) in [6, 6.07) is 6.68. The minimum absolute atomic E-state index is 0.212. The quantitative estimate of drug-likeness (QED) is 0.641. The number of benzene rings is 1. The Morgan fingerprint density at radius 1 is 1.39 bits per heavy atom. The molecule has 0 aliphatic carbocycles. The van der Waals surface area contributed by atoms with E-state index in [2.05, 4.69) is 6.92 Å². The highest BCUT2D eigenvalue weighted by Gasteiger charge is 2.08. The molecule has 0 saturated heterocycles. The fourth-order valence-corrected chi connectivity index (χ4v) is 1.33. The summed E-state index contributed by atoms with van der Waals surface area (Å²) in [6.07, 6.45) is 2.74. The van der Waals surface area contributed by atoms with E-state index < -0.39 is 0 Å². The van der Waals surface area contributed by atoms with E-state index in [9.17, 15) is 4.79 Å². The van der Waals surface area contributed by atoms with E-state index in [4.69, 9.17) is 9.84 Å². The zero-order valence-electron chi connectivity index (χ0n) is 11.1. The van der Waals surface area contributed by atoms with Gasteiger partial charge in [0, 0.05) is 5.57 Å². The molecule has 18 heavy (non-hydrogen) atoms. The molecule has 0 aromatic heterocycles. The molecule has 1 unspecified atom stereocenters. The van der Waals surface area contributed by atoms with Crippen molar-refractivity contribution in [3.63, 3.8) is 0 Å². The molecule has 1 aromatic rings. The largest absolute Gasteiger partial charge is 0.508 e. The van der Waals surface area contributed by atoms with Gasteiger partial charge in [-0.3, -0.25) is 0 Å². The third-order valence-corrected chi connectivity index (χ3v) is 2.79. The van der Waals surface area contributed by atoms with Crippen LogP contribution in [0.3, 0.4) is 0 Å². The van der Waals surface area contributed by atoms with Crippen molar-refractivity contribution in [1.29, 1.82) is 0 Å². The summed E-state index contributed by atoms with van der Waals surface area (Å²) in [5.74, 6) is 0.308. The van der Waals surface area contributed by atoms with Crippen LogP contribution in [0.1, 0.15) is 32.8 Å². The monoisotopic (exact) mass is 248 g/mol. The molecule has 0 aliphatic heterocycles. The first-order valence-corrected chi connectivity index (χ1v) is 6.17. The number of rotatable bonds is 5. The SMILES string of the molecule is CCC(C)COC(=O)C(C)=Cc1ccc(O)cc1. The molecule has 0 bridgehead atoms. The highest BCUT2D eigenvalue weighted by atomic mass is 16.5. The van der Waals surface area contributed by atoms with E-state index in [0.717, 1.165) is 12.0 Å². The molecule has 0 spiro atoms. The van der Waals surface area contributed by atoms with Crippen LogP contribution in [0.5, 0.6) is 5.75 Å². The standard InChI is InChI=1S/C15H20O3/c1-4-11(2)10-18-15(17)12(3)9-13-5-7-14(16)8-6-13/h5-9,11,16H,4,10H2,1-3H3. The second kappa shape index (κ2) is 6.84. The Morgan fingerprint density at radius 3 is 2.56 bits per heavy atom. The van der Waals surface area contributed by atoms with Crippen LogP contribution in [-0.4, -0.2) is 17.7 Å². The molecule has 1 N–H and O–H groups in total. The molecule has 3 heteroatoms. The smallest absolute Gasteiger partial charge is 0.333 e. The topological polar surface area (TPSA) is 46.5 Å². The third kappa shape index (κ3) is 4.62.